The molecule has 0 spiro atoms. The van der Waals surface area contributed by atoms with Gasteiger partial charge in [-0.1, -0.05) is 25.5 Å². The molecule has 1 amide bonds. The minimum atomic E-state index is -0.876. The van der Waals surface area contributed by atoms with Crippen molar-refractivity contribution in [1.29, 1.82) is 0 Å². The Morgan fingerprint density at radius 2 is 2.00 bits per heavy atom. The van der Waals surface area contributed by atoms with Gasteiger partial charge < -0.3 is 15.5 Å². The van der Waals surface area contributed by atoms with E-state index >= 15 is 0 Å². The van der Waals surface area contributed by atoms with Gasteiger partial charge in [0.15, 0.2) is 0 Å². The summed E-state index contributed by atoms with van der Waals surface area (Å²) < 4.78 is 0. The maximum Gasteiger partial charge on any atom is 0.303 e. The number of carboxylic acid groups (broad SMARTS) is 1. The molecule has 0 radical (unpaired) electrons. The second-order valence-electron chi connectivity index (χ2n) is 4.10. The number of aromatic hydroxyl groups is 1. The summed E-state index contributed by atoms with van der Waals surface area (Å²) in [5, 5.41) is 20.8. The molecule has 0 saturated carbocycles. The van der Waals surface area contributed by atoms with Gasteiger partial charge in [-0.05, 0) is 18.1 Å². The number of hydrogen-bond donors (Lipinski definition) is 3. The van der Waals surface area contributed by atoms with Gasteiger partial charge in [0.1, 0.15) is 5.75 Å². The van der Waals surface area contributed by atoms with Gasteiger partial charge in [-0.25, -0.2) is 0 Å². The van der Waals surface area contributed by atoms with E-state index in [1.54, 1.807) is 12.1 Å². The van der Waals surface area contributed by atoms with Crippen molar-refractivity contribution in [2.24, 2.45) is 5.92 Å². The van der Waals surface area contributed by atoms with Crippen LogP contribution in [-0.2, 0) is 4.79 Å². The smallest absolute Gasteiger partial charge is 0.303 e. The molecule has 3 N–H and O–H groups in total. The third kappa shape index (κ3) is 4.08. The fraction of sp³-hybridized carbons (Fsp3) is 0.385. The van der Waals surface area contributed by atoms with Crippen molar-refractivity contribution in [1.82, 2.24) is 5.32 Å². The average Bonchev–Trinajstić information content (AvgIpc) is 2.34. The largest absolute Gasteiger partial charge is 0.507 e. The predicted molar refractivity (Wildman–Crippen MR) is 66.5 cm³/mol. The fourth-order valence-electron chi connectivity index (χ4n) is 1.61. The van der Waals surface area contributed by atoms with Crippen LogP contribution in [0, 0.1) is 5.92 Å². The lowest BCUT2D eigenvalue weighted by atomic mass is 10.0. The second kappa shape index (κ2) is 6.64. The van der Waals surface area contributed by atoms with E-state index in [1.165, 1.54) is 12.1 Å². The Hall–Kier alpha value is -2.04. The van der Waals surface area contributed by atoms with Crippen LogP contribution in [0.1, 0.15) is 30.1 Å². The molecule has 0 aliphatic rings. The lowest BCUT2D eigenvalue weighted by molar-refractivity contribution is -0.138. The zero-order valence-electron chi connectivity index (χ0n) is 10.2. The first kappa shape index (κ1) is 14.0. The predicted octanol–water partition coefficient (Wildman–Crippen LogP) is 1.62. The molecule has 0 bridgehead atoms. The highest BCUT2D eigenvalue weighted by Crippen LogP contribution is 2.15. The van der Waals surface area contributed by atoms with Crippen LogP contribution in [0.4, 0.5) is 0 Å². The van der Waals surface area contributed by atoms with E-state index in [4.69, 9.17) is 5.11 Å². The zero-order chi connectivity index (χ0) is 13.5. The number of nitrogens with one attached hydrogen (secondary N) is 1. The molecule has 1 aromatic rings. The topological polar surface area (TPSA) is 86.6 Å². The van der Waals surface area contributed by atoms with Gasteiger partial charge in [0, 0.05) is 13.0 Å². The number of rotatable bonds is 6. The standard InChI is InChI=1S/C13H17NO4/c1-2-9(7-12(16)17)8-14-13(18)10-5-3-4-6-11(10)15/h3-6,9,15H,2,7-8H2,1H3,(H,14,18)(H,16,17). The molecule has 18 heavy (non-hydrogen) atoms. The summed E-state index contributed by atoms with van der Waals surface area (Å²) in [5.41, 5.74) is 0.197. The number of carbonyl (C=O) groups is 2. The molecule has 0 fully saturated rings. The van der Waals surface area contributed by atoms with E-state index in [0.29, 0.717) is 6.42 Å². The Balaban J connectivity index is 2.55. The summed E-state index contributed by atoms with van der Waals surface area (Å²) in [6.45, 7) is 2.16. The Labute approximate surface area is 105 Å². The molecule has 0 aliphatic heterocycles. The van der Waals surface area contributed by atoms with Gasteiger partial charge in [-0.3, -0.25) is 9.59 Å². The van der Waals surface area contributed by atoms with E-state index in [2.05, 4.69) is 5.32 Å². The third-order valence-electron chi connectivity index (χ3n) is 2.74. The number of carbonyl (C=O) groups excluding carboxylic acids is 1. The molecular formula is C13H17NO4. The minimum absolute atomic E-state index is 0.0253. The summed E-state index contributed by atoms with van der Waals surface area (Å²) in [5.74, 6) is -1.45. The first-order valence-electron chi connectivity index (χ1n) is 5.82. The van der Waals surface area contributed by atoms with Gasteiger partial charge in [-0.2, -0.15) is 0 Å². The number of phenols is 1. The van der Waals surface area contributed by atoms with Crippen molar-refractivity contribution in [2.45, 2.75) is 19.8 Å². The second-order valence-corrected chi connectivity index (χ2v) is 4.10. The highest BCUT2D eigenvalue weighted by Gasteiger charge is 2.14. The van der Waals surface area contributed by atoms with Gasteiger partial charge in [0.25, 0.3) is 5.91 Å². The number of hydrogen-bond acceptors (Lipinski definition) is 3. The molecule has 0 saturated heterocycles. The number of carboxylic acids is 1. The number of benzene rings is 1. The normalized spacial score (nSPS) is 11.8. The summed E-state index contributed by atoms with van der Waals surface area (Å²) >= 11 is 0. The number of para-hydroxylation sites is 1. The molecule has 0 aliphatic carbocycles. The zero-order valence-corrected chi connectivity index (χ0v) is 10.2. The van der Waals surface area contributed by atoms with E-state index in [0.717, 1.165) is 0 Å². The van der Waals surface area contributed by atoms with Crippen LogP contribution in [0.5, 0.6) is 5.75 Å². The van der Waals surface area contributed by atoms with Crippen LogP contribution < -0.4 is 5.32 Å². The Morgan fingerprint density at radius 1 is 1.33 bits per heavy atom. The van der Waals surface area contributed by atoms with Crippen molar-refractivity contribution < 1.29 is 19.8 Å². The van der Waals surface area contributed by atoms with E-state index < -0.39 is 11.9 Å². The van der Waals surface area contributed by atoms with Gasteiger partial charge in [0.05, 0.1) is 5.56 Å². The number of amides is 1. The van der Waals surface area contributed by atoms with E-state index in [1.807, 2.05) is 6.92 Å². The van der Waals surface area contributed by atoms with Gasteiger partial charge in [-0.15, -0.1) is 0 Å². The molecule has 0 heterocycles. The summed E-state index contributed by atoms with van der Waals surface area (Å²) in [6, 6.07) is 6.24. The van der Waals surface area contributed by atoms with Crippen LogP contribution in [0.15, 0.2) is 24.3 Å². The van der Waals surface area contributed by atoms with Gasteiger partial charge >= 0.3 is 5.97 Å². The van der Waals surface area contributed by atoms with Gasteiger partial charge in [0.2, 0.25) is 0 Å². The van der Waals surface area contributed by atoms with Crippen molar-refractivity contribution in [3.63, 3.8) is 0 Å². The molecule has 5 nitrogen and oxygen atoms in total. The molecule has 0 aromatic heterocycles. The molecule has 1 unspecified atom stereocenters. The molecule has 5 heteroatoms. The monoisotopic (exact) mass is 251 g/mol. The molecule has 1 atom stereocenters. The van der Waals surface area contributed by atoms with Crippen molar-refractivity contribution >= 4 is 11.9 Å². The lowest BCUT2D eigenvalue weighted by Gasteiger charge is -2.13. The average molecular weight is 251 g/mol. The van der Waals surface area contributed by atoms with Crippen LogP contribution in [0.2, 0.25) is 0 Å². The molecule has 1 rings (SSSR count). The van der Waals surface area contributed by atoms with Crippen molar-refractivity contribution in [3.05, 3.63) is 29.8 Å². The number of phenolic OH excluding ortho intramolecular Hbond substituents is 1. The fourth-order valence-corrected chi connectivity index (χ4v) is 1.61. The SMILES string of the molecule is CCC(CNC(=O)c1ccccc1O)CC(=O)O. The highest BCUT2D eigenvalue weighted by molar-refractivity contribution is 5.96. The third-order valence-corrected chi connectivity index (χ3v) is 2.74. The van der Waals surface area contributed by atoms with Crippen molar-refractivity contribution in [2.75, 3.05) is 6.54 Å². The number of aliphatic carboxylic acids is 1. The maximum absolute atomic E-state index is 11.8. The summed E-state index contributed by atoms with van der Waals surface area (Å²) in [7, 11) is 0. The highest BCUT2D eigenvalue weighted by atomic mass is 16.4. The van der Waals surface area contributed by atoms with Crippen LogP contribution in [0.25, 0.3) is 0 Å². The first-order chi connectivity index (χ1) is 8.54. The Kier molecular flexibility index (Phi) is 5.17. The van der Waals surface area contributed by atoms with Crippen LogP contribution in [-0.4, -0.2) is 28.6 Å². The lowest BCUT2D eigenvalue weighted by Crippen LogP contribution is -2.30. The quantitative estimate of drug-likeness (QED) is 0.717. The van der Waals surface area contributed by atoms with Crippen LogP contribution >= 0.6 is 0 Å². The van der Waals surface area contributed by atoms with E-state index in [-0.39, 0.29) is 30.2 Å². The summed E-state index contributed by atoms with van der Waals surface area (Å²) in [6.07, 6.45) is 0.699. The molecular weight excluding hydrogens is 234 g/mol. The van der Waals surface area contributed by atoms with E-state index in [9.17, 15) is 14.7 Å². The Morgan fingerprint density at radius 3 is 2.56 bits per heavy atom. The molecule has 98 valence electrons. The minimum Gasteiger partial charge on any atom is -0.507 e. The van der Waals surface area contributed by atoms with Crippen LogP contribution in [0.3, 0.4) is 0 Å². The van der Waals surface area contributed by atoms with Crippen molar-refractivity contribution in [3.8, 4) is 5.75 Å². The summed E-state index contributed by atoms with van der Waals surface area (Å²) in [4.78, 5) is 22.3. The first-order valence-corrected chi connectivity index (χ1v) is 5.82. The Bertz CT molecular complexity index is 431. The maximum atomic E-state index is 11.8. The molecule has 1 aromatic carbocycles.